The zero-order valence-corrected chi connectivity index (χ0v) is 17.7. The number of hydrogen-bond donors (Lipinski definition) is 0. The largest absolute Gasteiger partial charge is 0.378 e. The van der Waals surface area contributed by atoms with Gasteiger partial charge in [0.2, 0.25) is 17.7 Å². The molecule has 2 unspecified atom stereocenters. The Morgan fingerprint density at radius 2 is 1.80 bits per heavy atom. The Bertz CT molecular complexity index is 805. The molecule has 2 fully saturated rings. The molecule has 4 rings (SSSR count). The minimum absolute atomic E-state index is 0.00122. The molecule has 0 bridgehead atoms. The Labute approximate surface area is 177 Å². The van der Waals surface area contributed by atoms with Crippen molar-refractivity contribution >= 4 is 17.7 Å². The van der Waals surface area contributed by atoms with Crippen molar-refractivity contribution in [3.8, 4) is 0 Å². The molecule has 2 saturated heterocycles. The van der Waals surface area contributed by atoms with Gasteiger partial charge in [-0.25, -0.2) is 0 Å². The summed E-state index contributed by atoms with van der Waals surface area (Å²) in [5, 5.41) is 0. The third kappa shape index (κ3) is 4.36. The van der Waals surface area contributed by atoms with Gasteiger partial charge < -0.3 is 19.4 Å². The molecule has 7 heteroatoms. The average Bonchev–Trinajstić information content (AvgIpc) is 2.79. The van der Waals surface area contributed by atoms with Gasteiger partial charge in [-0.05, 0) is 30.4 Å². The Balaban J connectivity index is 1.44. The van der Waals surface area contributed by atoms with Crippen LogP contribution >= 0.6 is 0 Å². The molecule has 30 heavy (non-hydrogen) atoms. The summed E-state index contributed by atoms with van der Waals surface area (Å²) in [5.74, 6) is 0.0382. The molecule has 0 spiro atoms. The summed E-state index contributed by atoms with van der Waals surface area (Å²) in [6.45, 7) is 5.81. The van der Waals surface area contributed by atoms with E-state index in [0.717, 1.165) is 24.8 Å². The predicted molar refractivity (Wildman–Crippen MR) is 112 cm³/mol. The zero-order chi connectivity index (χ0) is 21.1. The Morgan fingerprint density at radius 3 is 2.57 bits per heavy atom. The highest BCUT2D eigenvalue weighted by atomic mass is 16.5. The SMILES string of the molecule is CC(=O)N1CCc2ccccc2C1CC(=O)N1CCCC(C(=O)N2CCOCC2)C1. The number of benzene rings is 1. The minimum Gasteiger partial charge on any atom is -0.378 e. The van der Waals surface area contributed by atoms with Crippen LogP contribution in [0.2, 0.25) is 0 Å². The summed E-state index contributed by atoms with van der Waals surface area (Å²) in [6.07, 6.45) is 2.76. The lowest BCUT2D eigenvalue weighted by atomic mass is 9.89. The number of carbonyl (C=O) groups is 3. The van der Waals surface area contributed by atoms with Crippen LogP contribution in [0.5, 0.6) is 0 Å². The van der Waals surface area contributed by atoms with Gasteiger partial charge in [-0.3, -0.25) is 14.4 Å². The van der Waals surface area contributed by atoms with Gasteiger partial charge >= 0.3 is 0 Å². The molecule has 0 N–H and O–H groups in total. The Kier molecular flexibility index (Phi) is 6.37. The van der Waals surface area contributed by atoms with Crippen molar-refractivity contribution in [3.05, 3.63) is 35.4 Å². The molecule has 0 radical (unpaired) electrons. The van der Waals surface area contributed by atoms with Gasteiger partial charge in [0.1, 0.15) is 0 Å². The minimum atomic E-state index is -0.227. The molecule has 1 aromatic rings. The highest BCUT2D eigenvalue weighted by Crippen LogP contribution is 2.33. The Morgan fingerprint density at radius 1 is 1.03 bits per heavy atom. The van der Waals surface area contributed by atoms with E-state index in [1.165, 1.54) is 5.56 Å². The first-order valence-electron chi connectivity index (χ1n) is 11.0. The third-order valence-corrected chi connectivity index (χ3v) is 6.63. The van der Waals surface area contributed by atoms with E-state index < -0.39 is 0 Å². The third-order valence-electron chi connectivity index (χ3n) is 6.63. The van der Waals surface area contributed by atoms with Crippen molar-refractivity contribution in [1.29, 1.82) is 0 Å². The smallest absolute Gasteiger partial charge is 0.227 e. The van der Waals surface area contributed by atoms with Crippen molar-refractivity contribution in [2.75, 3.05) is 45.9 Å². The average molecular weight is 414 g/mol. The molecule has 3 amide bonds. The summed E-state index contributed by atoms with van der Waals surface area (Å²) in [7, 11) is 0. The number of nitrogens with zero attached hydrogens (tertiary/aromatic N) is 3. The van der Waals surface area contributed by atoms with Crippen LogP contribution in [0.4, 0.5) is 0 Å². The second kappa shape index (κ2) is 9.16. The van der Waals surface area contributed by atoms with Gasteiger partial charge in [0.05, 0.1) is 31.6 Å². The second-order valence-corrected chi connectivity index (χ2v) is 8.50. The molecule has 0 aliphatic carbocycles. The first kappa shape index (κ1) is 20.8. The van der Waals surface area contributed by atoms with Gasteiger partial charge in [-0.2, -0.15) is 0 Å². The molecule has 0 saturated carbocycles. The van der Waals surface area contributed by atoms with Crippen LogP contribution in [0.15, 0.2) is 24.3 Å². The monoisotopic (exact) mass is 413 g/mol. The van der Waals surface area contributed by atoms with Gasteiger partial charge in [0, 0.05) is 39.6 Å². The van der Waals surface area contributed by atoms with E-state index in [1.54, 1.807) is 6.92 Å². The van der Waals surface area contributed by atoms with Gasteiger partial charge in [-0.15, -0.1) is 0 Å². The van der Waals surface area contributed by atoms with Crippen LogP contribution < -0.4 is 0 Å². The quantitative estimate of drug-likeness (QED) is 0.755. The van der Waals surface area contributed by atoms with E-state index in [1.807, 2.05) is 32.9 Å². The summed E-state index contributed by atoms with van der Waals surface area (Å²) in [5.41, 5.74) is 2.29. The maximum atomic E-state index is 13.2. The molecule has 3 heterocycles. The lowest BCUT2D eigenvalue weighted by Crippen LogP contribution is -2.50. The first-order chi connectivity index (χ1) is 14.5. The van der Waals surface area contributed by atoms with Crippen LogP contribution in [0.25, 0.3) is 0 Å². The predicted octanol–water partition coefficient (Wildman–Crippen LogP) is 1.62. The number of fused-ring (bicyclic) bond motifs is 1. The van der Waals surface area contributed by atoms with E-state index >= 15 is 0 Å². The van der Waals surface area contributed by atoms with Gasteiger partial charge in [-0.1, -0.05) is 24.3 Å². The van der Waals surface area contributed by atoms with E-state index in [-0.39, 0.29) is 36.1 Å². The van der Waals surface area contributed by atoms with Crippen molar-refractivity contribution in [1.82, 2.24) is 14.7 Å². The van der Waals surface area contributed by atoms with Crippen LogP contribution in [-0.4, -0.2) is 78.4 Å². The van der Waals surface area contributed by atoms with Crippen molar-refractivity contribution < 1.29 is 19.1 Å². The summed E-state index contributed by atoms with van der Waals surface area (Å²) in [4.78, 5) is 43.9. The number of morpholine rings is 1. The summed E-state index contributed by atoms with van der Waals surface area (Å²) >= 11 is 0. The molecule has 2 atom stereocenters. The Hall–Kier alpha value is -2.41. The number of ether oxygens (including phenoxy) is 1. The second-order valence-electron chi connectivity index (χ2n) is 8.50. The van der Waals surface area contributed by atoms with Crippen LogP contribution in [-0.2, 0) is 25.5 Å². The normalized spacial score (nSPS) is 24.4. The molecular weight excluding hydrogens is 382 g/mol. The van der Waals surface area contributed by atoms with E-state index in [4.69, 9.17) is 4.74 Å². The molecule has 7 nitrogen and oxygen atoms in total. The molecule has 162 valence electrons. The van der Waals surface area contributed by atoms with Crippen LogP contribution in [0.3, 0.4) is 0 Å². The lowest BCUT2D eigenvalue weighted by Gasteiger charge is -2.39. The summed E-state index contributed by atoms with van der Waals surface area (Å²) < 4.78 is 5.35. The zero-order valence-electron chi connectivity index (χ0n) is 17.7. The fraction of sp³-hybridized carbons (Fsp3) is 0.609. The molecular formula is C23H31N3O4. The van der Waals surface area contributed by atoms with Crippen LogP contribution in [0.1, 0.15) is 43.4 Å². The fourth-order valence-electron chi connectivity index (χ4n) is 4.99. The van der Waals surface area contributed by atoms with Gasteiger partial charge in [0.15, 0.2) is 0 Å². The van der Waals surface area contributed by atoms with Crippen molar-refractivity contribution in [2.45, 2.75) is 38.6 Å². The maximum Gasteiger partial charge on any atom is 0.227 e. The van der Waals surface area contributed by atoms with Crippen molar-refractivity contribution in [3.63, 3.8) is 0 Å². The highest BCUT2D eigenvalue weighted by Gasteiger charge is 2.35. The fourth-order valence-corrected chi connectivity index (χ4v) is 4.99. The van der Waals surface area contributed by atoms with Crippen LogP contribution in [0, 0.1) is 5.92 Å². The lowest BCUT2D eigenvalue weighted by molar-refractivity contribution is -0.144. The topological polar surface area (TPSA) is 70.2 Å². The molecule has 3 aliphatic rings. The number of piperidine rings is 1. The van der Waals surface area contributed by atoms with Crippen molar-refractivity contribution in [2.24, 2.45) is 5.92 Å². The van der Waals surface area contributed by atoms with E-state index in [2.05, 4.69) is 6.07 Å². The maximum absolute atomic E-state index is 13.2. The van der Waals surface area contributed by atoms with E-state index in [9.17, 15) is 14.4 Å². The number of likely N-dealkylation sites (tertiary alicyclic amines) is 1. The number of hydrogen-bond acceptors (Lipinski definition) is 4. The first-order valence-corrected chi connectivity index (χ1v) is 11.0. The number of amides is 3. The highest BCUT2D eigenvalue weighted by molar-refractivity contribution is 5.82. The molecule has 1 aromatic carbocycles. The molecule has 0 aromatic heterocycles. The van der Waals surface area contributed by atoms with E-state index in [0.29, 0.717) is 45.9 Å². The molecule has 3 aliphatic heterocycles. The number of rotatable bonds is 3. The van der Waals surface area contributed by atoms with Gasteiger partial charge in [0.25, 0.3) is 0 Å². The summed E-state index contributed by atoms with van der Waals surface area (Å²) in [6, 6.07) is 7.87. The standard InChI is InChI=1S/C23H31N3O4/c1-17(27)26-10-8-18-5-2-3-7-20(18)21(26)15-22(28)25-9-4-6-19(16-25)23(29)24-11-13-30-14-12-24/h2-3,5,7,19,21H,4,6,8-16H2,1H3. The number of carbonyl (C=O) groups excluding carboxylic acids is 3.